The number of nitrogens with one attached hydrogen (secondary N) is 2. The number of esters is 1. The van der Waals surface area contributed by atoms with E-state index in [9.17, 15) is 4.79 Å². The Balaban J connectivity index is 2.40. The topological polar surface area (TPSA) is 86.5 Å². The van der Waals surface area contributed by atoms with Crippen molar-refractivity contribution in [2.24, 2.45) is 4.99 Å². The Labute approximate surface area is 120 Å². The highest BCUT2D eigenvalue weighted by atomic mass is 32.1. The molecule has 0 aliphatic carbocycles. The summed E-state index contributed by atoms with van der Waals surface area (Å²) in [7, 11) is 0. The molecule has 1 unspecified atom stereocenters. The van der Waals surface area contributed by atoms with Crippen molar-refractivity contribution in [3.05, 3.63) is 33.7 Å². The second-order valence-electron chi connectivity index (χ2n) is 4.06. The lowest BCUT2D eigenvalue weighted by molar-refractivity contribution is -0.138. The van der Waals surface area contributed by atoms with E-state index in [4.69, 9.17) is 10.00 Å². The Hall–Kier alpha value is -2.33. The third-order valence-corrected chi connectivity index (χ3v) is 3.47. The maximum absolute atomic E-state index is 12.1. The fraction of sp³-hybridized carbons (Fsp3) is 0.308. The minimum atomic E-state index is -0.461. The predicted molar refractivity (Wildman–Crippen MR) is 75.7 cm³/mol. The van der Waals surface area contributed by atoms with E-state index >= 15 is 0 Å². The van der Waals surface area contributed by atoms with Gasteiger partial charge in [-0.3, -0.25) is 5.32 Å². The van der Waals surface area contributed by atoms with Gasteiger partial charge in [-0.1, -0.05) is 0 Å². The molecule has 1 aliphatic rings. The van der Waals surface area contributed by atoms with Crippen LogP contribution in [0.25, 0.3) is 0 Å². The molecule has 1 aromatic heterocycles. The number of guanidine groups is 1. The molecule has 0 amide bonds. The lowest BCUT2D eigenvalue weighted by atomic mass is 9.99. The average Bonchev–Trinajstić information content (AvgIpc) is 2.92. The van der Waals surface area contributed by atoms with Crippen molar-refractivity contribution in [3.8, 4) is 6.19 Å². The van der Waals surface area contributed by atoms with Gasteiger partial charge >= 0.3 is 5.97 Å². The van der Waals surface area contributed by atoms with Crippen LogP contribution in [-0.4, -0.2) is 18.5 Å². The number of carbonyl (C=O) groups excluding carboxylic acids is 1. The number of hydrogen-bond donors (Lipinski definition) is 2. The molecule has 104 valence electrons. The number of ether oxygens (including phenoxy) is 1. The Morgan fingerprint density at radius 1 is 1.70 bits per heavy atom. The minimum absolute atomic E-state index is 0.305. The van der Waals surface area contributed by atoms with Gasteiger partial charge in [0.05, 0.1) is 12.2 Å². The van der Waals surface area contributed by atoms with Crippen molar-refractivity contribution in [1.82, 2.24) is 10.6 Å². The first-order valence-corrected chi connectivity index (χ1v) is 7.01. The van der Waals surface area contributed by atoms with Crippen LogP contribution >= 0.6 is 11.3 Å². The molecule has 0 spiro atoms. The Bertz CT molecular complexity index is 598. The van der Waals surface area contributed by atoms with E-state index in [-0.39, 0.29) is 0 Å². The highest BCUT2D eigenvalue weighted by molar-refractivity contribution is 7.08. The van der Waals surface area contributed by atoms with Gasteiger partial charge in [0.1, 0.15) is 6.04 Å². The van der Waals surface area contributed by atoms with Gasteiger partial charge in [-0.25, -0.2) is 9.79 Å². The van der Waals surface area contributed by atoms with Crippen LogP contribution in [0.15, 0.2) is 33.1 Å². The maximum Gasteiger partial charge on any atom is 0.338 e. The summed E-state index contributed by atoms with van der Waals surface area (Å²) < 4.78 is 5.09. The molecule has 2 N–H and O–H groups in total. The van der Waals surface area contributed by atoms with Gasteiger partial charge in [0.15, 0.2) is 6.19 Å². The zero-order valence-electron chi connectivity index (χ0n) is 11.1. The molecule has 2 heterocycles. The van der Waals surface area contributed by atoms with Crippen molar-refractivity contribution in [3.63, 3.8) is 0 Å². The van der Waals surface area contributed by atoms with Crippen LogP contribution in [0, 0.1) is 11.5 Å². The van der Waals surface area contributed by atoms with E-state index in [2.05, 4.69) is 15.6 Å². The van der Waals surface area contributed by atoms with Gasteiger partial charge < -0.3 is 10.1 Å². The molecule has 0 radical (unpaired) electrons. The summed E-state index contributed by atoms with van der Waals surface area (Å²) in [5, 5.41) is 17.9. The highest BCUT2D eigenvalue weighted by Crippen LogP contribution is 2.32. The Kier molecular flexibility index (Phi) is 4.38. The van der Waals surface area contributed by atoms with E-state index in [1.54, 1.807) is 13.8 Å². The summed E-state index contributed by atoms with van der Waals surface area (Å²) >= 11 is 1.53. The van der Waals surface area contributed by atoms with Crippen molar-refractivity contribution in [2.45, 2.75) is 19.9 Å². The van der Waals surface area contributed by atoms with E-state index in [0.717, 1.165) is 5.56 Å². The largest absolute Gasteiger partial charge is 0.463 e. The molecular formula is C13H14N4O2S. The summed E-state index contributed by atoms with van der Waals surface area (Å²) in [6.07, 6.45) is 1.81. The average molecular weight is 290 g/mol. The molecule has 0 saturated heterocycles. The standard InChI is InChI=1S/C13H14N4O2S/c1-3-19-12(18)10-8(2)16-13(15-7-14)17-11(10)9-4-5-20-6-9/h4-6,11H,3H2,1-2H3,(H2,15,16,17). The van der Waals surface area contributed by atoms with E-state index in [1.165, 1.54) is 11.3 Å². The molecule has 1 aliphatic heterocycles. The summed E-state index contributed by atoms with van der Waals surface area (Å²) in [5.41, 5.74) is 2.00. The first kappa shape index (κ1) is 14.1. The van der Waals surface area contributed by atoms with Crippen LogP contribution in [-0.2, 0) is 9.53 Å². The summed E-state index contributed by atoms with van der Waals surface area (Å²) in [5.74, 6) is -0.0669. The quantitative estimate of drug-likeness (QED) is 0.502. The fourth-order valence-electron chi connectivity index (χ4n) is 1.94. The molecule has 0 fully saturated rings. The van der Waals surface area contributed by atoms with Crippen molar-refractivity contribution < 1.29 is 9.53 Å². The summed E-state index contributed by atoms with van der Waals surface area (Å²) in [6, 6.07) is 1.44. The van der Waals surface area contributed by atoms with E-state index in [0.29, 0.717) is 23.8 Å². The third-order valence-electron chi connectivity index (χ3n) is 2.77. The zero-order chi connectivity index (χ0) is 14.5. The maximum atomic E-state index is 12.1. The van der Waals surface area contributed by atoms with Gasteiger partial charge in [-0.15, -0.1) is 0 Å². The SMILES string of the molecule is CCOC(=O)C1=C(C)NC(NC#N)=NC1c1ccsc1. The molecule has 1 aromatic rings. The van der Waals surface area contributed by atoms with Gasteiger partial charge in [0, 0.05) is 5.70 Å². The molecule has 0 bridgehead atoms. The van der Waals surface area contributed by atoms with Crippen LogP contribution in [0.2, 0.25) is 0 Å². The molecule has 1 atom stereocenters. The molecule has 0 aromatic carbocycles. The van der Waals surface area contributed by atoms with Gasteiger partial charge in [0.25, 0.3) is 0 Å². The number of allylic oxidation sites excluding steroid dienone is 1. The van der Waals surface area contributed by atoms with Crippen LogP contribution in [0.5, 0.6) is 0 Å². The monoisotopic (exact) mass is 290 g/mol. The number of hydrogen-bond acceptors (Lipinski definition) is 7. The summed E-state index contributed by atoms with van der Waals surface area (Å²) in [6.45, 7) is 3.83. The van der Waals surface area contributed by atoms with E-state index in [1.807, 2.05) is 23.0 Å². The molecule has 2 rings (SSSR count). The number of nitrogens with zero attached hydrogens (tertiary/aromatic N) is 2. The molecule has 20 heavy (non-hydrogen) atoms. The Morgan fingerprint density at radius 2 is 2.50 bits per heavy atom. The number of carbonyl (C=O) groups is 1. The van der Waals surface area contributed by atoms with Crippen LogP contribution in [0.3, 0.4) is 0 Å². The first-order chi connectivity index (χ1) is 9.67. The molecule has 6 nitrogen and oxygen atoms in total. The number of thiophene rings is 1. The van der Waals surface area contributed by atoms with Crippen LogP contribution < -0.4 is 10.6 Å². The number of aliphatic imine (C=N–C) groups is 1. The smallest absolute Gasteiger partial charge is 0.338 e. The number of nitriles is 1. The predicted octanol–water partition coefficient (Wildman–Crippen LogP) is 1.66. The van der Waals surface area contributed by atoms with Crippen LogP contribution in [0.1, 0.15) is 25.5 Å². The first-order valence-electron chi connectivity index (χ1n) is 6.07. The molecular weight excluding hydrogens is 276 g/mol. The van der Waals surface area contributed by atoms with Crippen molar-refractivity contribution in [1.29, 1.82) is 5.26 Å². The second-order valence-corrected chi connectivity index (χ2v) is 4.84. The summed E-state index contributed by atoms with van der Waals surface area (Å²) in [4.78, 5) is 16.5. The lowest BCUT2D eigenvalue weighted by Crippen LogP contribution is -2.39. The highest BCUT2D eigenvalue weighted by Gasteiger charge is 2.30. The molecule has 7 heteroatoms. The Morgan fingerprint density at radius 3 is 3.10 bits per heavy atom. The van der Waals surface area contributed by atoms with E-state index < -0.39 is 12.0 Å². The van der Waals surface area contributed by atoms with Gasteiger partial charge in [-0.2, -0.15) is 16.6 Å². The van der Waals surface area contributed by atoms with Gasteiger partial charge in [-0.05, 0) is 36.2 Å². The minimum Gasteiger partial charge on any atom is -0.463 e. The second kappa shape index (κ2) is 6.21. The number of rotatable bonds is 3. The lowest BCUT2D eigenvalue weighted by Gasteiger charge is -2.24. The fourth-order valence-corrected chi connectivity index (χ4v) is 2.62. The normalized spacial score (nSPS) is 17.9. The molecule has 0 saturated carbocycles. The zero-order valence-corrected chi connectivity index (χ0v) is 12.0. The third kappa shape index (κ3) is 2.81. The van der Waals surface area contributed by atoms with Crippen LogP contribution in [0.4, 0.5) is 0 Å². The van der Waals surface area contributed by atoms with Gasteiger partial charge in [0.2, 0.25) is 5.96 Å². The van der Waals surface area contributed by atoms with Crippen molar-refractivity contribution >= 4 is 23.3 Å². The van der Waals surface area contributed by atoms with Crippen molar-refractivity contribution in [2.75, 3.05) is 6.61 Å².